The lowest BCUT2D eigenvalue weighted by atomic mass is 9.67. The van der Waals surface area contributed by atoms with Crippen LogP contribution in [0.2, 0.25) is 0 Å². The summed E-state index contributed by atoms with van der Waals surface area (Å²) in [6.07, 6.45) is -3.68. The van der Waals surface area contributed by atoms with E-state index in [1.807, 2.05) is 0 Å². The van der Waals surface area contributed by atoms with Gasteiger partial charge in [-0.2, -0.15) is 18.3 Å². The van der Waals surface area contributed by atoms with Crippen LogP contribution < -0.4 is 5.32 Å². The van der Waals surface area contributed by atoms with Crippen LogP contribution in [-0.2, 0) is 22.5 Å². The van der Waals surface area contributed by atoms with E-state index in [1.165, 1.54) is 37.4 Å². The second-order valence-corrected chi connectivity index (χ2v) is 11.5. The molecule has 0 bridgehead atoms. The molecule has 0 unspecified atom stereocenters. The Morgan fingerprint density at radius 3 is 2.45 bits per heavy atom. The molecule has 4 rings (SSSR count). The van der Waals surface area contributed by atoms with Gasteiger partial charge in [0.1, 0.15) is 11.3 Å². The second kappa shape index (κ2) is 7.51. The number of anilines is 1. The molecular formula is C21H23F5N4O2S. The number of benzene rings is 1. The largest absolute Gasteiger partial charge is 0.420 e. The van der Waals surface area contributed by atoms with Gasteiger partial charge in [0.2, 0.25) is 5.92 Å². The van der Waals surface area contributed by atoms with Gasteiger partial charge in [0, 0.05) is 42.1 Å². The van der Waals surface area contributed by atoms with Gasteiger partial charge in [-0.15, -0.1) is 0 Å². The number of carbonyl (C=O) groups is 1. The third-order valence-corrected chi connectivity index (χ3v) is 7.04. The Morgan fingerprint density at radius 2 is 1.94 bits per heavy atom. The minimum atomic E-state index is -4.87. The second-order valence-electron chi connectivity index (χ2n) is 9.38. The fourth-order valence-electron chi connectivity index (χ4n) is 4.42. The van der Waals surface area contributed by atoms with Gasteiger partial charge in [-0.25, -0.2) is 17.8 Å². The van der Waals surface area contributed by atoms with E-state index in [0.717, 1.165) is 4.68 Å². The number of hydrogen-bond acceptors (Lipinski definition) is 4. The smallest absolute Gasteiger partial charge is 0.321 e. The number of carbonyl (C=O) groups excluding carboxylic acids is 1. The summed E-state index contributed by atoms with van der Waals surface area (Å²) < 4.78 is 89.8. The first kappa shape index (κ1) is 23.7. The van der Waals surface area contributed by atoms with Gasteiger partial charge in [0.25, 0.3) is 5.91 Å². The highest BCUT2D eigenvalue weighted by atomic mass is 32.2. The quantitative estimate of drug-likeness (QED) is 0.524. The molecule has 1 amide bonds. The van der Waals surface area contributed by atoms with E-state index in [0.29, 0.717) is 12.8 Å². The molecule has 33 heavy (non-hydrogen) atoms. The standard InChI is InChI=1S/C21H23F5N4O2S/c1-19(9-20(22,23)10-19)11-30-17(15(21(24,25)26)16(29-30)12-6-7-12)18(31)28-13-4-3-5-14(8-13)33(2,27)32/h3-5,8,12,27H,6-7,9-11H2,1-2H3,(H,28,31)/t33-/m1/s1. The minimum Gasteiger partial charge on any atom is -0.321 e. The van der Waals surface area contributed by atoms with Crippen LogP contribution in [0.25, 0.3) is 0 Å². The maximum Gasteiger partial charge on any atom is 0.420 e. The molecular weight excluding hydrogens is 467 g/mol. The average Bonchev–Trinajstić information content (AvgIpc) is 3.39. The minimum absolute atomic E-state index is 0.0644. The van der Waals surface area contributed by atoms with Crippen LogP contribution in [0.3, 0.4) is 0 Å². The van der Waals surface area contributed by atoms with Gasteiger partial charge in [-0.3, -0.25) is 9.48 Å². The lowest BCUT2D eigenvalue weighted by Crippen LogP contribution is -2.47. The van der Waals surface area contributed by atoms with Crippen LogP contribution in [-0.4, -0.2) is 32.1 Å². The molecule has 0 saturated heterocycles. The molecule has 12 heteroatoms. The van der Waals surface area contributed by atoms with Crippen LogP contribution >= 0.6 is 0 Å². The number of alkyl halides is 5. The van der Waals surface area contributed by atoms with Crippen molar-refractivity contribution in [3.8, 4) is 0 Å². The molecule has 1 atom stereocenters. The summed E-state index contributed by atoms with van der Waals surface area (Å²) >= 11 is 0. The third kappa shape index (κ3) is 4.90. The van der Waals surface area contributed by atoms with Crippen molar-refractivity contribution in [1.29, 1.82) is 4.78 Å². The Labute approximate surface area is 187 Å². The van der Waals surface area contributed by atoms with Crippen LogP contribution in [0.15, 0.2) is 29.2 Å². The lowest BCUT2D eigenvalue weighted by Gasteiger charge is -2.44. The van der Waals surface area contributed by atoms with E-state index in [-0.39, 0.29) is 22.8 Å². The highest BCUT2D eigenvalue weighted by Gasteiger charge is 2.55. The molecule has 1 aromatic carbocycles. The van der Waals surface area contributed by atoms with Crippen LogP contribution in [0.4, 0.5) is 27.6 Å². The lowest BCUT2D eigenvalue weighted by molar-refractivity contribution is -0.160. The van der Waals surface area contributed by atoms with Crippen molar-refractivity contribution in [1.82, 2.24) is 9.78 Å². The van der Waals surface area contributed by atoms with Crippen molar-refractivity contribution >= 4 is 21.3 Å². The van der Waals surface area contributed by atoms with Crippen LogP contribution in [0, 0.1) is 10.2 Å². The van der Waals surface area contributed by atoms with Crippen molar-refractivity contribution in [3.05, 3.63) is 41.2 Å². The Bertz CT molecular complexity index is 1210. The van der Waals surface area contributed by atoms with E-state index in [2.05, 4.69) is 10.4 Å². The Kier molecular flexibility index (Phi) is 5.38. The summed E-state index contributed by atoms with van der Waals surface area (Å²) in [7, 11) is -3.11. The first-order valence-electron chi connectivity index (χ1n) is 10.3. The summed E-state index contributed by atoms with van der Waals surface area (Å²) in [5, 5.41) is 6.47. The van der Waals surface area contributed by atoms with E-state index < -0.39 is 63.2 Å². The van der Waals surface area contributed by atoms with Crippen LogP contribution in [0.5, 0.6) is 0 Å². The van der Waals surface area contributed by atoms with Crippen molar-refractivity contribution < 1.29 is 31.0 Å². The van der Waals surface area contributed by atoms with Crippen molar-refractivity contribution in [2.75, 3.05) is 11.6 Å². The molecule has 2 aliphatic rings. The molecule has 1 heterocycles. The van der Waals surface area contributed by atoms with Crippen molar-refractivity contribution in [2.45, 2.75) is 62.1 Å². The Hall–Kier alpha value is -2.50. The van der Waals surface area contributed by atoms with Gasteiger partial charge >= 0.3 is 6.18 Å². The first-order valence-corrected chi connectivity index (χ1v) is 12.3. The molecule has 0 radical (unpaired) electrons. The fraction of sp³-hybridized carbons (Fsp3) is 0.524. The summed E-state index contributed by atoms with van der Waals surface area (Å²) in [5.41, 5.74) is -3.04. The molecule has 2 saturated carbocycles. The van der Waals surface area contributed by atoms with Crippen molar-refractivity contribution in [3.63, 3.8) is 0 Å². The third-order valence-electron chi connectivity index (χ3n) is 5.89. The normalized spacial score (nSPS) is 21.2. The number of aromatic nitrogens is 2. The number of nitrogens with zero attached hydrogens (tertiary/aromatic N) is 2. The topological polar surface area (TPSA) is 87.8 Å². The zero-order valence-electron chi connectivity index (χ0n) is 17.9. The van der Waals surface area contributed by atoms with Gasteiger partial charge in [-0.1, -0.05) is 13.0 Å². The molecule has 2 aliphatic carbocycles. The molecule has 1 aromatic heterocycles. The summed E-state index contributed by atoms with van der Waals surface area (Å²) in [6.45, 7) is 1.28. The van der Waals surface area contributed by atoms with E-state index in [4.69, 9.17) is 4.78 Å². The van der Waals surface area contributed by atoms with Gasteiger partial charge in [0.05, 0.1) is 15.4 Å². The Balaban J connectivity index is 1.74. The molecule has 2 N–H and O–H groups in total. The Morgan fingerprint density at radius 1 is 1.30 bits per heavy atom. The number of halogens is 5. The summed E-state index contributed by atoms with van der Waals surface area (Å²) in [6, 6.07) is 5.50. The summed E-state index contributed by atoms with van der Waals surface area (Å²) in [5.74, 6) is -4.41. The van der Waals surface area contributed by atoms with E-state index in [1.54, 1.807) is 0 Å². The highest BCUT2D eigenvalue weighted by molar-refractivity contribution is 7.91. The number of rotatable bonds is 6. The van der Waals surface area contributed by atoms with Crippen molar-refractivity contribution in [2.24, 2.45) is 5.41 Å². The SMILES string of the molecule is CC1(Cn2nc(C3CC3)c(C(F)(F)F)c2C(=O)Nc2cccc([S@](C)(=N)=O)c2)CC(F)(F)C1. The molecule has 2 fully saturated rings. The van der Waals surface area contributed by atoms with Gasteiger partial charge in [-0.05, 0) is 36.5 Å². The monoisotopic (exact) mass is 490 g/mol. The first-order chi connectivity index (χ1) is 15.1. The van der Waals surface area contributed by atoms with Crippen LogP contribution in [0.1, 0.15) is 60.3 Å². The number of amides is 1. The number of nitrogens with one attached hydrogen (secondary N) is 2. The average molecular weight is 490 g/mol. The predicted octanol–water partition coefficient (Wildman–Crippen LogP) is 5.50. The molecule has 2 aromatic rings. The highest BCUT2D eigenvalue weighted by Crippen LogP contribution is 2.53. The van der Waals surface area contributed by atoms with Gasteiger partial charge in [0.15, 0.2) is 0 Å². The number of hydrogen-bond donors (Lipinski definition) is 2. The maximum atomic E-state index is 14.1. The molecule has 180 valence electrons. The zero-order valence-corrected chi connectivity index (χ0v) is 18.7. The predicted molar refractivity (Wildman–Crippen MR) is 111 cm³/mol. The van der Waals surface area contributed by atoms with Gasteiger partial charge < -0.3 is 5.32 Å². The van der Waals surface area contributed by atoms with E-state index in [9.17, 15) is 31.0 Å². The fourth-order valence-corrected chi connectivity index (χ4v) is 5.11. The maximum absolute atomic E-state index is 14.1. The molecule has 0 aliphatic heterocycles. The molecule has 0 spiro atoms. The summed E-state index contributed by atoms with van der Waals surface area (Å²) in [4.78, 5) is 13.2. The molecule has 6 nitrogen and oxygen atoms in total. The zero-order chi connectivity index (χ0) is 24.4. The van der Waals surface area contributed by atoms with E-state index >= 15 is 0 Å².